The van der Waals surface area contributed by atoms with E-state index in [-0.39, 0.29) is 41.2 Å². The highest BCUT2D eigenvalue weighted by Crippen LogP contribution is 2.28. The Morgan fingerprint density at radius 2 is 1.63 bits per heavy atom. The number of carboxylic acid groups (broad SMARTS) is 1. The third-order valence-corrected chi connectivity index (χ3v) is 8.97. The molecule has 8 nitrogen and oxygen atoms in total. The van der Waals surface area contributed by atoms with Crippen LogP contribution in [-0.2, 0) is 26.2 Å². The first-order valence-electron chi connectivity index (χ1n) is 13.7. The molecule has 3 aromatic rings. The van der Waals surface area contributed by atoms with Crippen molar-refractivity contribution in [3.05, 3.63) is 89.7 Å². The number of halogens is 1. The van der Waals surface area contributed by atoms with Crippen molar-refractivity contribution in [2.45, 2.75) is 56.1 Å². The Kier molecular flexibility index (Phi) is 9.90. The number of hydrogen-bond acceptors (Lipinski definition) is 5. The number of carboxylic acids is 1. The van der Waals surface area contributed by atoms with Crippen molar-refractivity contribution in [2.24, 2.45) is 5.92 Å². The molecule has 0 saturated heterocycles. The summed E-state index contributed by atoms with van der Waals surface area (Å²) in [5.41, 5.74) is 3.55. The lowest BCUT2D eigenvalue weighted by atomic mass is 9.85. The van der Waals surface area contributed by atoms with E-state index in [0.717, 1.165) is 22.3 Å². The molecule has 0 radical (unpaired) electrons. The predicted molar refractivity (Wildman–Crippen MR) is 155 cm³/mol. The van der Waals surface area contributed by atoms with E-state index in [0.29, 0.717) is 32.2 Å². The Morgan fingerprint density at radius 3 is 2.27 bits per heavy atom. The molecule has 218 valence electrons. The summed E-state index contributed by atoms with van der Waals surface area (Å²) in [5.74, 6) is -1.48. The van der Waals surface area contributed by atoms with Gasteiger partial charge in [-0.25, -0.2) is 17.5 Å². The molecule has 4 rings (SSSR count). The first-order valence-corrected chi connectivity index (χ1v) is 15.2. The summed E-state index contributed by atoms with van der Waals surface area (Å²) in [5, 5.41) is 12.0. The minimum Gasteiger partial charge on any atom is -0.480 e. The molecule has 3 aromatic carbocycles. The van der Waals surface area contributed by atoms with E-state index in [9.17, 15) is 22.4 Å². The number of carbonyl (C=O) groups is 2. The highest BCUT2D eigenvalue weighted by Gasteiger charge is 2.29. The van der Waals surface area contributed by atoms with Crippen LogP contribution in [0.15, 0.2) is 77.7 Å². The van der Waals surface area contributed by atoms with Crippen LogP contribution in [0.3, 0.4) is 0 Å². The molecule has 1 saturated carbocycles. The minimum atomic E-state index is -3.73. The molecule has 0 aromatic heterocycles. The zero-order chi connectivity index (χ0) is 29.6. The molecule has 0 aliphatic heterocycles. The van der Waals surface area contributed by atoms with Crippen molar-refractivity contribution in [3.8, 4) is 11.1 Å². The second kappa shape index (κ2) is 13.4. The van der Waals surface area contributed by atoms with Gasteiger partial charge in [0.1, 0.15) is 5.82 Å². The lowest BCUT2D eigenvalue weighted by Crippen LogP contribution is -2.41. The van der Waals surface area contributed by atoms with Crippen LogP contribution in [0.1, 0.15) is 49.8 Å². The largest absolute Gasteiger partial charge is 0.480 e. The standard InChI is InChI=1S/C31H36FN3O5S/c1-21(23-6-12-27(32)13-7-23)33-31(38)25-8-14-28(15-9-25)34-41(39,40)29-16-10-24(11-17-29)26-5-3-4-22(18-26)19-35(2)20-30(36)37/h3-7,10-13,16-18,21,25,28,34H,8-9,14-15,19-20H2,1-2H3,(H,33,38)(H,36,37)/t21-,25-,28-/m1/s1. The molecular weight excluding hydrogens is 545 g/mol. The summed E-state index contributed by atoms with van der Waals surface area (Å²) in [6.45, 7) is 2.27. The maximum atomic E-state index is 13.2. The van der Waals surface area contributed by atoms with Crippen LogP contribution in [-0.4, -0.2) is 49.9 Å². The van der Waals surface area contributed by atoms with E-state index < -0.39 is 16.0 Å². The molecule has 10 heteroatoms. The lowest BCUT2D eigenvalue weighted by molar-refractivity contribution is -0.138. The van der Waals surface area contributed by atoms with Crippen LogP contribution >= 0.6 is 0 Å². The number of amides is 1. The number of rotatable bonds is 11. The summed E-state index contributed by atoms with van der Waals surface area (Å²) >= 11 is 0. The van der Waals surface area contributed by atoms with Gasteiger partial charge < -0.3 is 10.4 Å². The van der Waals surface area contributed by atoms with Crippen molar-refractivity contribution < 1.29 is 27.5 Å². The molecule has 1 aliphatic carbocycles. The van der Waals surface area contributed by atoms with Crippen molar-refractivity contribution >= 4 is 21.9 Å². The number of carbonyl (C=O) groups excluding carboxylic acids is 1. The number of likely N-dealkylation sites (N-methyl/N-ethyl adjacent to an activating group) is 1. The van der Waals surface area contributed by atoms with Crippen LogP contribution in [0.4, 0.5) is 4.39 Å². The number of benzene rings is 3. The topological polar surface area (TPSA) is 116 Å². The molecule has 0 spiro atoms. The number of nitrogens with zero attached hydrogens (tertiary/aromatic N) is 1. The third kappa shape index (κ3) is 8.45. The van der Waals surface area contributed by atoms with Gasteiger partial charge in [-0.05, 0) is 92.2 Å². The Bertz CT molecular complexity index is 1450. The van der Waals surface area contributed by atoms with Crippen molar-refractivity contribution in [3.63, 3.8) is 0 Å². The second-order valence-electron chi connectivity index (χ2n) is 10.7. The van der Waals surface area contributed by atoms with Crippen LogP contribution in [0, 0.1) is 11.7 Å². The molecule has 1 atom stereocenters. The number of sulfonamides is 1. The molecule has 1 fully saturated rings. The van der Waals surface area contributed by atoms with Gasteiger partial charge in [-0.2, -0.15) is 0 Å². The molecule has 41 heavy (non-hydrogen) atoms. The number of hydrogen-bond donors (Lipinski definition) is 3. The first kappa shape index (κ1) is 30.4. The van der Waals surface area contributed by atoms with E-state index in [2.05, 4.69) is 10.0 Å². The summed E-state index contributed by atoms with van der Waals surface area (Å²) in [7, 11) is -1.99. The minimum absolute atomic E-state index is 0.0602. The van der Waals surface area contributed by atoms with Crippen molar-refractivity contribution in [1.82, 2.24) is 14.9 Å². The Balaban J connectivity index is 1.30. The molecule has 3 N–H and O–H groups in total. The molecule has 0 bridgehead atoms. The van der Waals surface area contributed by atoms with Crippen molar-refractivity contribution in [1.29, 1.82) is 0 Å². The summed E-state index contributed by atoms with van der Waals surface area (Å²) < 4.78 is 42.1. The van der Waals surface area contributed by atoms with E-state index >= 15 is 0 Å². The molecule has 0 heterocycles. The monoisotopic (exact) mass is 581 g/mol. The van der Waals surface area contributed by atoms with Crippen LogP contribution < -0.4 is 10.0 Å². The maximum Gasteiger partial charge on any atom is 0.317 e. The fourth-order valence-electron chi connectivity index (χ4n) is 5.20. The van der Waals surface area contributed by atoms with Gasteiger partial charge in [0, 0.05) is 18.5 Å². The smallest absolute Gasteiger partial charge is 0.317 e. The van der Waals surface area contributed by atoms with Gasteiger partial charge in [-0.15, -0.1) is 0 Å². The maximum absolute atomic E-state index is 13.2. The fourth-order valence-corrected chi connectivity index (χ4v) is 6.51. The second-order valence-corrected chi connectivity index (χ2v) is 12.5. The summed E-state index contributed by atoms with van der Waals surface area (Å²) in [6.07, 6.45) is 2.27. The van der Waals surface area contributed by atoms with E-state index in [1.807, 2.05) is 31.2 Å². The van der Waals surface area contributed by atoms with Crippen molar-refractivity contribution in [2.75, 3.05) is 13.6 Å². The molecule has 1 amide bonds. The quantitative estimate of drug-likeness (QED) is 0.302. The van der Waals surface area contributed by atoms with Gasteiger partial charge in [-0.1, -0.05) is 42.5 Å². The predicted octanol–water partition coefficient (Wildman–Crippen LogP) is 4.72. The van der Waals surface area contributed by atoms with Gasteiger partial charge >= 0.3 is 5.97 Å². The SMILES string of the molecule is C[C@@H](NC(=O)[C@H]1CC[C@H](NS(=O)(=O)c2ccc(-c3cccc(CN(C)CC(=O)O)c3)cc2)CC1)c1ccc(F)cc1. The Hall–Kier alpha value is -3.60. The van der Waals surface area contributed by atoms with Gasteiger partial charge in [0.05, 0.1) is 17.5 Å². The average molecular weight is 582 g/mol. The first-order chi connectivity index (χ1) is 19.5. The Morgan fingerprint density at radius 1 is 0.976 bits per heavy atom. The third-order valence-electron chi connectivity index (χ3n) is 7.43. The van der Waals surface area contributed by atoms with Gasteiger partial charge in [-0.3, -0.25) is 14.5 Å². The molecule has 1 aliphatic rings. The van der Waals surface area contributed by atoms with Crippen LogP contribution in [0.5, 0.6) is 0 Å². The zero-order valence-corrected chi connectivity index (χ0v) is 24.0. The van der Waals surface area contributed by atoms with E-state index in [1.165, 1.54) is 12.1 Å². The summed E-state index contributed by atoms with van der Waals surface area (Å²) in [4.78, 5) is 25.6. The fraction of sp³-hybridized carbons (Fsp3) is 0.355. The van der Waals surface area contributed by atoms with Gasteiger partial charge in [0.15, 0.2) is 0 Å². The van der Waals surface area contributed by atoms with Gasteiger partial charge in [0.2, 0.25) is 15.9 Å². The molecular formula is C31H36FN3O5S. The Labute approximate surface area is 240 Å². The highest BCUT2D eigenvalue weighted by atomic mass is 32.2. The zero-order valence-electron chi connectivity index (χ0n) is 23.2. The number of nitrogens with one attached hydrogen (secondary N) is 2. The van der Waals surface area contributed by atoms with Crippen LogP contribution in [0.2, 0.25) is 0 Å². The summed E-state index contributed by atoms with van der Waals surface area (Å²) in [6, 6.07) is 19.9. The van der Waals surface area contributed by atoms with E-state index in [1.54, 1.807) is 48.3 Å². The average Bonchev–Trinajstić information content (AvgIpc) is 2.93. The highest BCUT2D eigenvalue weighted by molar-refractivity contribution is 7.89. The normalized spacial score (nSPS) is 18.1. The van der Waals surface area contributed by atoms with Crippen LogP contribution in [0.25, 0.3) is 11.1 Å². The van der Waals surface area contributed by atoms with Gasteiger partial charge in [0.25, 0.3) is 0 Å². The lowest BCUT2D eigenvalue weighted by Gasteiger charge is -2.29. The number of aliphatic carboxylic acids is 1. The van der Waals surface area contributed by atoms with E-state index in [4.69, 9.17) is 5.11 Å². The molecule has 0 unspecified atom stereocenters.